The summed E-state index contributed by atoms with van der Waals surface area (Å²) in [7, 11) is 0. The van der Waals surface area contributed by atoms with Crippen LogP contribution in [-0.2, 0) is 6.18 Å². The monoisotopic (exact) mass is 210 g/mol. The van der Waals surface area contributed by atoms with Gasteiger partial charge in [0.15, 0.2) is 0 Å². The third-order valence-electron chi connectivity index (χ3n) is 1.56. The van der Waals surface area contributed by atoms with Gasteiger partial charge in [-0.15, -0.1) is 11.3 Å². The molecule has 0 amide bonds. The minimum absolute atomic E-state index is 0.342. The zero-order chi connectivity index (χ0) is 10.1. The molecule has 1 aromatic heterocycles. The topological polar surface area (TPSA) is 38.9 Å². The quantitative estimate of drug-likeness (QED) is 0.814. The van der Waals surface area contributed by atoms with Crippen LogP contribution in [0.5, 0.6) is 0 Å². The van der Waals surface area contributed by atoms with Gasteiger partial charge in [-0.05, 0) is 6.42 Å². The van der Waals surface area contributed by atoms with Crippen molar-refractivity contribution in [3.63, 3.8) is 0 Å². The Morgan fingerprint density at radius 3 is 2.62 bits per heavy atom. The van der Waals surface area contributed by atoms with Gasteiger partial charge in [-0.2, -0.15) is 13.2 Å². The molecule has 0 unspecified atom stereocenters. The van der Waals surface area contributed by atoms with Gasteiger partial charge in [-0.3, -0.25) is 0 Å². The fourth-order valence-corrected chi connectivity index (χ4v) is 1.63. The third kappa shape index (κ3) is 2.41. The number of aromatic nitrogens is 1. The van der Waals surface area contributed by atoms with Crippen molar-refractivity contribution in [1.29, 1.82) is 0 Å². The van der Waals surface area contributed by atoms with E-state index in [0.717, 1.165) is 6.20 Å². The normalized spacial score (nSPS) is 14.5. The van der Waals surface area contributed by atoms with Gasteiger partial charge in [0.05, 0.1) is 12.2 Å². The Labute approximate surface area is 77.6 Å². The Kier molecular flexibility index (Phi) is 2.92. The van der Waals surface area contributed by atoms with Gasteiger partial charge in [0, 0.05) is 0 Å². The van der Waals surface area contributed by atoms with E-state index in [2.05, 4.69) is 4.98 Å². The molecule has 6 heteroatoms. The van der Waals surface area contributed by atoms with Gasteiger partial charge < -0.3 is 5.73 Å². The van der Waals surface area contributed by atoms with Crippen LogP contribution in [0.1, 0.15) is 29.3 Å². The first-order valence-electron chi connectivity index (χ1n) is 3.73. The molecule has 74 valence electrons. The summed E-state index contributed by atoms with van der Waals surface area (Å²) in [6.07, 6.45) is -2.89. The number of nitrogens with two attached hydrogens (primary N) is 1. The van der Waals surface area contributed by atoms with Crippen molar-refractivity contribution in [3.05, 3.63) is 16.1 Å². The summed E-state index contributed by atoms with van der Waals surface area (Å²) < 4.78 is 36.3. The molecule has 0 aliphatic heterocycles. The standard InChI is InChI=1S/C7H9F3N2S/c1-2-4(11)6-12-3-5(13-6)7(8,9)10/h3-4H,2,11H2,1H3/t4-/m1/s1. The Hall–Kier alpha value is -0.620. The average Bonchev–Trinajstić information content (AvgIpc) is 2.50. The SMILES string of the molecule is CC[C@@H](N)c1ncc(C(F)(F)F)s1. The average molecular weight is 210 g/mol. The maximum Gasteiger partial charge on any atom is 0.427 e. The lowest BCUT2D eigenvalue weighted by atomic mass is 10.3. The number of alkyl halides is 3. The number of halogens is 3. The summed E-state index contributed by atoms with van der Waals surface area (Å²) in [5.41, 5.74) is 5.53. The molecule has 0 aromatic carbocycles. The number of thiazole rings is 1. The Balaban J connectivity index is 2.87. The van der Waals surface area contributed by atoms with E-state index in [1.807, 2.05) is 0 Å². The van der Waals surface area contributed by atoms with Crippen molar-refractivity contribution in [3.8, 4) is 0 Å². The van der Waals surface area contributed by atoms with E-state index in [-0.39, 0.29) is 6.04 Å². The summed E-state index contributed by atoms with van der Waals surface area (Å²) in [4.78, 5) is 2.94. The van der Waals surface area contributed by atoms with E-state index >= 15 is 0 Å². The second-order valence-corrected chi connectivity index (χ2v) is 3.64. The molecule has 0 aliphatic carbocycles. The van der Waals surface area contributed by atoms with Gasteiger partial charge in [0.2, 0.25) is 0 Å². The Morgan fingerprint density at radius 2 is 2.23 bits per heavy atom. The van der Waals surface area contributed by atoms with E-state index in [0.29, 0.717) is 22.8 Å². The fraction of sp³-hybridized carbons (Fsp3) is 0.571. The molecular formula is C7H9F3N2S. The fourth-order valence-electron chi connectivity index (χ4n) is 0.765. The molecule has 0 aliphatic rings. The van der Waals surface area contributed by atoms with Gasteiger partial charge in [0.1, 0.15) is 9.88 Å². The van der Waals surface area contributed by atoms with Gasteiger partial charge in [-0.25, -0.2) is 4.98 Å². The van der Waals surface area contributed by atoms with Crippen LogP contribution >= 0.6 is 11.3 Å². The van der Waals surface area contributed by atoms with Gasteiger partial charge >= 0.3 is 6.18 Å². The molecule has 1 aromatic rings. The van der Waals surface area contributed by atoms with E-state index in [4.69, 9.17) is 5.73 Å². The second-order valence-electron chi connectivity index (χ2n) is 2.58. The van der Waals surface area contributed by atoms with Crippen molar-refractivity contribution in [2.75, 3.05) is 0 Å². The molecular weight excluding hydrogens is 201 g/mol. The summed E-state index contributed by atoms with van der Waals surface area (Å²) in [6, 6.07) is -0.388. The molecule has 2 nitrogen and oxygen atoms in total. The van der Waals surface area contributed by atoms with E-state index in [9.17, 15) is 13.2 Å². The summed E-state index contributed by atoms with van der Waals surface area (Å²) in [5.74, 6) is 0. The number of hydrogen-bond donors (Lipinski definition) is 1. The van der Waals surface area contributed by atoms with Gasteiger partial charge in [-0.1, -0.05) is 6.92 Å². The first-order chi connectivity index (χ1) is 5.95. The zero-order valence-corrected chi connectivity index (χ0v) is 7.75. The highest BCUT2D eigenvalue weighted by Crippen LogP contribution is 2.34. The van der Waals surface area contributed by atoms with Crippen molar-refractivity contribution < 1.29 is 13.2 Å². The zero-order valence-electron chi connectivity index (χ0n) is 6.93. The number of hydrogen-bond acceptors (Lipinski definition) is 3. The molecule has 1 rings (SSSR count). The maximum absolute atomic E-state index is 12.1. The minimum atomic E-state index is -4.30. The van der Waals surface area contributed by atoms with Crippen LogP contribution in [0, 0.1) is 0 Å². The van der Waals surface area contributed by atoms with Crippen molar-refractivity contribution >= 4 is 11.3 Å². The minimum Gasteiger partial charge on any atom is -0.322 e. The van der Waals surface area contributed by atoms with E-state index in [1.54, 1.807) is 6.92 Å². The highest BCUT2D eigenvalue weighted by Gasteiger charge is 2.33. The van der Waals surface area contributed by atoms with Crippen molar-refractivity contribution in [2.45, 2.75) is 25.6 Å². The molecule has 2 N–H and O–H groups in total. The van der Waals surface area contributed by atoms with E-state index < -0.39 is 11.1 Å². The van der Waals surface area contributed by atoms with Crippen molar-refractivity contribution in [2.24, 2.45) is 5.73 Å². The predicted octanol–water partition coefficient (Wildman–Crippen LogP) is 2.57. The van der Waals surface area contributed by atoms with Crippen molar-refractivity contribution in [1.82, 2.24) is 4.98 Å². The smallest absolute Gasteiger partial charge is 0.322 e. The molecule has 0 bridgehead atoms. The van der Waals surface area contributed by atoms with Crippen LogP contribution in [0.25, 0.3) is 0 Å². The molecule has 0 saturated carbocycles. The summed E-state index contributed by atoms with van der Waals surface area (Å²) >= 11 is 0.611. The van der Waals surface area contributed by atoms with Crippen LogP contribution in [-0.4, -0.2) is 4.98 Å². The third-order valence-corrected chi connectivity index (χ3v) is 2.73. The molecule has 1 atom stereocenters. The Bertz CT molecular complexity index is 282. The number of nitrogens with zero attached hydrogens (tertiary/aromatic N) is 1. The molecule has 1 heterocycles. The van der Waals surface area contributed by atoms with E-state index in [1.165, 1.54) is 0 Å². The van der Waals surface area contributed by atoms with Crippen LogP contribution < -0.4 is 5.73 Å². The molecule has 0 spiro atoms. The summed E-state index contributed by atoms with van der Waals surface area (Å²) in [5, 5.41) is 0.342. The lowest BCUT2D eigenvalue weighted by Gasteiger charge is -2.03. The van der Waals surface area contributed by atoms with Crippen LogP contribution in [0.15, 0.2) is 6.20 Å². The predicted molar refractivity (Wildman–Crippen MR) is 44.3 cm³/mol. The highest BCUT2D eigenvalue weighted by molar-refractivity contribution is 7.11. The second kappa shape index (κ2) is 3.63. The lowest BCUT2D eigenvalue weighted by Crippen LogP contribution is -2.07. The largest absolute Gasteiger partial charge is 0.427 e. The number of rotatable bonds is 2. The maximum atomic E-state index is 12.1. The molecule has 0 fully saturated rings. The lowest BCUT2D eigenvalue weighted by molar-refractivity contribution is -0.134. The van der Waals surface area contributed by atoms with Gasteiger partial charge in [0.25, 0.3) is 0 Å². The first kappa shape index (κ1) is 10.5. The summed E-state index contributed by atoms with van der Waals surface area (Å²) in [6.45, 7) is 1.80. The van der Waals surface area contributed by atoms with Crippen LogP contribution in [0.4, 0.5) is 13.2 Å². The molecule has 0 saturated heterocycles. The molecule has 13 heavy (non-hydrogen) atoms. The molecule has 0 radical (unpaired) electrons. The van der Waals surface area contributed by atoms with Crippen LogP contribution in [0.2, 0.25) is 0 Å². The first-order valence-corrected chi connectivity index (χ1v) is 4.55. The Morgan fingerprint density at radius 1 is 1.62 bits per heavy atom. The highest BCUT2D eigenvalue weighted by atomic mass is 32.1. The van der Waals surface area contributed by atoms with Crippen LogP contribution in [0.3, 0.4) is 0 Å².